The van der Waals surface area contributed by atoms with Gasteiger partial charge in [0.25, 0.3) is 0 Å². The second-order valence-corrected chi connectivity index (χ2v) is 26.0. The number of ether oxygens (including phenoxy) is 2. The molecule has 0 saturated carbocycles. The van der Waals surface area contributed by atoms with Gasteiger partial charge in [-0.1, -0.05) is 314 Å². The third-order valence-electron chi connectivity index (χ3n) is 15.5. The summed E-state index contributed by atoms with van der Waals surface area (Å²) in [5, 5.41) is 0. The number of likely N-dealkylation sites (N-methyl/N-ethyl adjacent to an activating group) is 1. The van der Waals surface area contributed by atoms with Crippen molar-refractivity contribution in [1.82, 2.24) is 0 Å². The van der Waals surface area contributed by atoms with Crippen molar-refractivity contribution in [2.45, 2.75) is 354 Å². The molecule has 10 heteroatoms. The number of esters is 2. The standard InChI is InChI=1S/C68H132NO8P/c1-6-8-10-12-14-16-18-20-22-24-26-27-28-29-30-31-32-33-34-35-36-37-38-39-40-41-43-44-46-48-50-52-54-56-58-60-67(70)74-64-66(65-76-78(72,73)75-63-62-69(3,4)5)77-68(71)61-59-57-55-53-51-49-47-45-42-25-23-21-19-17-15-13-11-9-7-2/h15,17,21,23,66H,6-14,16,18-20,22,24-65H2,1-5H3/p+1/b17-15-,23-21-. The Bertz CT molecular complexity index is 1370. The van der Waals surface area contributed by atoms with Gasteiger partial charge in [-0.05, 0) is 44.9 Å². The third-order valence-corrected chi connectivity index (χ3v) is 16.5. The molecule has 462 valence electrons. The van der Waals surface area contributed by atoms with E-state index >= 15 is 0 Å². The Morgan fingerprint density at radius 2 is 0.692 bits per heavy atom. The van der Waals surface area contributed by atoms with Crippen LogP contribution in [0.1, 0.15) is 348 Å². The highest BCUT2D eigenvalue weighted by molar-refractivity contribution is 7.47. The molecule has 0 aromatic heterocycles. The fraction of sp³-hybridized carbons (Fsp3) is 0.912. The van der Waals surface area contributed by atoms with Crippen LogP contribution in [0.25, 0.3) is 0 Å². The first kappa shape index (κ1) is 76.5. The fourth-order valence-electron chi connectivity index (χ4n) is 10.2. The maximum absolute atomic E-state index is 12.8. The summed E-state index contributed by atoms with van der Waals surface area (Å²) in [7, 11) is 1.49. The van der Waals surface area contributed by atoms with Crippen molar-refractivity contribution in [1.29, 1.82) is 0 Å². The van der Waals surface area contributed by atoms with Crippen LogP contribution in [0.3, 0.4) is 0 Å². The van der Waals surface area contributed by atoms with Crippen LogP contribution < -0.4 is 0 Å². The van der Waals surface area contributed by atoms with E-state index in [0.717, 1.165) is 44.9 Å². The van der Waals surface area contributed by atoms with Crippen molar-refractivity contribution in [3.63, 3.8) is 0 Å². The molecular weight excluding hydrogens is 990 g/mol. The smallest absolute Gasteiger partial charge is 0.462 e. The molecule has 0 aromatic carbocycles. The number of hydrogen-bond acceptors (Lipinski definition) is 7. The van der Waals surface area contributed by atoms with Gasteiger partial charge in [0, 0.05) is 12.8 Å². The quantitative estimate of drug-likeness (QED) is 0.0211. The molecule has 0 fully saturated rings. The highest BCUT2D eigenvalue weighted by Crippen LogP contribution is 2.43. The van der Waals surface area contributed by atoms with Crippen LogP contribution in [-0.4, -0.2) is 74.9 Å². The van der Waals surface area contributed by atoms with Gasteiger partial charge in [-0.15, -0.1) is 0 Å². The number of quaternary nitrogens is 1. The predicted octanol–water partition coefficient (Wildman–Crippen LogP) is 21.7. The van der Waals surface area contributed by atoms with E-state index in [9.17, 15) is 19.0 Å². The van der Waals surface area contributed by atoms with Crippen molar-refractivity contribution < 1.29 is 42.1 Å². The lowest BCUT2D eigenvalue weighted by Gasteiger charge is -2.24. The van der Waals surface area contributed by atoms with E-state index in [1.807, 2.05) is 21.1 Å². The number of allylic oxidation sites excluding steroid dienone is 4. The molecular formula is C68H133NO8P+. The van der Waals surface area contributed by atoms with E-state index in [1.165, 1.54) is 270 Å². The molecule has 0 aliphatic carbocycles. The Morgan fingerprint density at radius 1 is 0.397 bits per heavy atom. The Morgan fingerprint density at radius 3 is 1.04 bits per heavy atom. The number of rotatable bonds is 64. The SMILES string of the molecule is CCCCC/C=C\C/C=C\CCCCCCCCCCCC(=O)OC(COC(=O)CCCCCCCCCCCCCCCCCCCCCCCCCCCCCCCCCCCCC)COP(=O)(O)OCC[N+](C)(C)C. The average molecular weight is 1120 g/mol. The second kappa shape index (κ2) is 60.1. The molecule has 2 atom stereocenters. The lowest BCUT2D eigenvalue weighted by molar-refractivity contribution is -0.870. The number of phosphoric acid groups is 1. The fourth-order valence-corrected chi connectivity index (χ4v) is 11.0. The lowest BCUT2D eigenvalue weighted by atomic mass is 10.0. The van der Waals surface area contributed by atoms with E-state index in [0.29, 0.717) is 23.9 Å². The van der Waals surface area contributed by atoms with Crippen LogP contribution >= 0.6 is 7.82 Å². The molecule has 0 spiro atoms. The van der Waals surface area contributed by atoms with Crippen molar-refractivity contribution in [3.05, 3.63) is 24.3 Å². The molecule has 9 nitrogen and oxygen atoms in total. The van der Waals surface area contributed by atoms with Crippen LogP contribution in [0.2, 0.25) is 0 Å². The van der Waals surface area contributed by atoms with Gasteiger partial charge in [-0.3, -0.25) is 18.6 Å². The zero-order valence-electron chi connectivity index (χ0n) is 52.7. The van der Waals surface area contributed by atoms with Gasteiger partial charge in [0.1, 0.15) is 19.8 Å². The normalized spacial score (nSPS) is 13.3. The van der Waals surface area contributed by atoms with Crippen molar-refractivity contribution in [3.8, 4) is 0 Å². The number of hydrogen-bond donors (Lipinski definition) is 1. The molecule has 2 unspecified atom stereocenters. The van der Waals surface area contributed by atoms with Gasteiger partial charge in [-0.25, -0.2) is 4.57 Å². The minimum absolute atomic E-state index is 0.0334. The molecule has 0 bridgehead atoms. The molecule has 0 saturated heterocycles. The molecule has 0 rings (SSSR count). The van der Waals surface area contributed by atoms with E-state index in [4.69, 9.17) is 18.5 Å². The van der Waals surface area contributed by atoms with Crippen LogP contribution in [-0.2, 0) is 32.7 Å². The highest BCUT2D eigenvalue weighted by Gasteiger charge is 2.27. The van der Waals surface area contributed by atoms with Crippen LogP contribution in [0, 0.1) is 0 Å². The van der Waals surface area contributed by atoms with E-state index < -0.39 is 26.5 Å². The molecule has 0 radical (unpaired) electrons. The van der Waals surface area contributed by atoms with Gasteiger partial charge >= 0.3 is 19.8 Å². The van der Waals surface area contributed by atoms with Crippen LogP contribution in [0.5, 0.6) is 0 Å². The third kappa shape index (κ3) is 63.7. The summed E-state index contributed by atoms with van der Waals surface area (Å²) in [5.41, 5.74) is 0. The topological polar surface area (TPSA) is 108 Å². The Hall–Kier alpha value is -1.51. The first-order valence-corrected chi connectivity index (χ1v) is 35.6. The largest absolute Gasteiger partial charge is 0.472 e. The monoisotopic (exact) mass is 1120 g/mol. The first-order chi connectivity index (χ1) is 38.0. The minimum Gasteiger partial charge on any atom is -0.462 e. The number of carbonyl (C=O) groups excluding carboxylic acids is 2. The predicted molar refractivity (Wildman–Crippen MR) is 335 cm³/mol. The van der Waals surface area contributed by atoms with Gasteiger partial charge in [0.2, 0.25) is 0 Å². The zero-order valence-corrected chi connectivity index (χ0v) is 53.6. The van der Waals surface area contributed by atoms with E-state index in [2.05, 4.69) is 38.2 Å². The highest BCUT2D eigenvalue weighted by atomic mass is 31.2. The van der Waals surface area contributed by atoms with Gasteiger partial charge in [-0.2, -0.15) is 0 Å². The summed E-state index contributed by atoms with van der Waals surface area (Å²) >= 11 is 0. The average Bonchev–Trinajstić information content (AvgIpc) is 3.41. The summed E-state index contributed by atoms with van der Waals surface area (Å²) in [4.78, 5) is 35.8. The van der Waals surface area contributed by atoms with Gasteiger partial charge in [0.05, 0.1) is 27.7 Å². The van der Waals surface area contributed by atoms with Crippen molar-refractivity contribution in [2.24, 2.45) is 0 Å². The van der Waals surface area contributed by atoms with Gasteiger partial charge in [0.15, 0.2) is 6.10 Å². The maximum Gasteiger partial charge on any atom is 0.472 e. The molecule has 0 heterocycles. The molecule has 78 heavy (non-hydrogen) atoms. The molecule has 0 aliphatic rings. The number of phosphoric ester groups is 1. The summed E-state index contributed by atoms with van der Waals surface area (Å²) in [6.45, 7) is 4.47. The van der Waals surface area contributed by atoms with E-state index in [1.54, 1.807) is 0 Å². The summed E-state index contributed by atoms with van der Waals surface area (Å²) in [6.07, 6.45) is 74.4. The maximum atomic E-state index is 12.8. The molecule has 1 N–H and O–H groups in total. The summed E-state index contributed by atoms with van der Waals surface area (Å²) in [5.74, 6) is -0.783. The molecule has 0 aromatic rings. The molecule has 0 aliphatic heterocycles. The van der Waals surface area contributed by atoms with Crippen LogP contribution in [0.4, 0.5) is 0 Å². The van der Waals surface area contributed by atoms with Gasteiger partial charge < -0.3 is 18.9 Å². The minimum atomic E-state index is -4.39. The first-order valence-electron chi connectivity index (χ1n) is 34.1. The molecule has 0 amide bonds. The summed E-state index contributed by atoms with van der Waals surface area (Å²) in [6, 6.07) is 0. The number of nitrogens with zero attached hydrogens (tertiary/aromatic N) is 1. The second-order valence-electron chi connectivity index (χ2n) is 24.6. The lowest BCUT2D eigenvalue weighted by Crippen LogP contribution is -2.37. The Balaban J connectivity index is 3.93. The zero-order chi connectivity index (χ0) is 57.0. The Kier molecular flexibility index (Phi) is 58.9. The van der Waals surface area contributed by atoms with Crippen molar-refractivity contribution in [2.75, 3.05) is 47.5 Å². The Labute approximate surface area is 485 Å². The van der Waals surface area contributed by atoms with Crippen LogP contribution in [0.15, 0.2) is 24.3 Å². The number of unbranched alkanes of at least 4 members (excludes halogenated alkanes) is 46. The summed E-state index contributed by atoms with van der Waals surface area (Å²) < 4.78 is 34.7. The van der Waals surface area contributed by atoms with E-state index in [-0.39, 0.29) is 25.6 Å². The number of carbonyl (C=O) groups is 2. The van der Waals surface area contributed by atoms with Crippen molar-refractivity contribution >= 4 is 19.8 Å².